The molecule has 1 aliphatic rings. The third-order valence-electron chi connectivity index (χ3n) is 2.57. The van der Waals surface area contributed by atoms with Gasteiger partial charge in [-0.2, -0.15) is 0 Å². The number of nitrogens with zero attached hydrogens (tertiary/aromatic N) is 1. The van der Waals surface area contributed by atoms with E-state index in [-0.39, 0.29) is 11.8 Å². The van der Waals surface area contributed by atoms with Crippen LogP contribution >= 0.6 is 0 Å². The second-order valence-electron chi connectivity index (χ2n) is 4.02. The predicted octanol–water partition coefficient (Wildman–Crippen LogP) is 1.00. The highest BCUT2D eigenvalue weighted by Gasteiger charge is 2.15. The average molecular weight is 253 g/mol. The van der Waals surface area contributed by atoms with Crippen LogP contribution in [0.4, 0.5) is 17.1 Å². The molecule has 0 bridgehead atoms. The predicted molar refractivity (Wildman–Crippen MR) is 66.6 cm³/mol. The maximum absolute atomic E-state index is 10.7. The van der Waals surface area contributed by atoms with Crippen molar-refractivity contribution in [1.29, 1.82) is 0 Å². The van der Waals surface area contributed by atoms with Gasteiger partial charge in [-0.25, -0.2) is 0 Å². The highest BCUT2D eigenvalue weighted by Crippen LogP contribution is 2.22. The van der Waals surface area contributed by atoms with E-state index in [0.717, 1.165) is 0 Å². The Kier molecular flexibility index (Phi) is 3.96. The minimum absolute atomic E-state index is 0.0293. The molecule has 3 N–H and O–H groups in total. The van der Waals surface area contributed by atoms with Gasteiger partial charge in [-0.15, -0.1) is 0 Å². The van der Waals surface area contributed by atoms with Gasteiger partial charge in [-0.05, 0) is 6.07 Å². The first-order chi connectivity index (χ1) is 8.65. The lowest BCUT2D eigenvalue weighted by molar-refractivity contribution is -0.384. The molecule has 0 amide bonds. The number of ether oxygens (including phenoxy) is 2. The zero-order chi connectivity index (χ0) is 13.0. The Hall–Kier alpha value is -1.86. The van der Waals surface area contributed by atoms with E-state index in [0.29, 0.717) is 37.7 Å². The third kappa shape index (κ3) is 3.31. The number of nitro benzene ring substituents is 1. The summed E-state index contributed by atoms with van der Waals surface area (Å²) >= 11 is 0. The molecule has 1 aromatic rings. The molecule has 0 spiro atoms. The van der Waals surface area contributed by atoms with Gasteiger partial charge in [0.1, 0.15) is 0 Å². The number of nitro groups is 1. The van der Waals surface area contributed by atoms with Crippen molar-refractivity contribution in [3.63, 3.8) is 0 Å². The molecule has 1 heterocycles. The van der Waals surface area contributed by atoms with Crippen molar-refractivity contribution >= 4 is 17.1 Å². The number of anilines is 2. The topological polar surface area (TPSA) is 99.7 Å². The highest BCUT2D eigenvalue weighted by molar-refractivity contribution is 5.61. The summed E-state index contributed by atoms with van der Waals surface area (Å²) < 4.78 is 10.7. The van der Waals surface area contributed by atoms with Gasteiger partial charge >= 0.3 is 0 Å². The Labute approximate surface area is 104 Å². The van der Waals surface area contributed by atoms with Crippen molar-refractivity contribution in [2.24, 2.45) is 0 Å². The molecular formula is C11H15N3O4. The lowest BCUT2D eigenvalue weighted by atomic mass is 10.2. The zero-order valence-electron chi connectivity index (χ0n) is 9.80. The molecule has 18 heavy (non-hydrogen) atoms. The minimum Gasteiger partial charge on any atom is -0.398 e. The minimum atomic E-state index is -0.470. The number of benzene rings is 1. The summed E-state index contributed by atoms with van der Waals surface area (Å²) in [5, 5.41) is 13.7. The van der Waals surface area contributed by atoms with Crippen molar-refractivity contribution in [3.05, 3.63) is 28.3 Å². The molecule has 1 fully saturated rings. The molecule has 7 nitrogen and oxygen atoms in total. The molecule has 0 aliphatic carbocycles. The zero-order valence-corrected chi connectivity index (χ0v) is 9.80. The van der Waals surface area contributed by atoms with Gasteiger partial charge in [0.2, 0.25) is 0 Å². The third-order valence-corrected chi connectivity index (χ3v) is 2.57. The summed E-state index contributed by atoms with van der Waals surface area (Å²) in [5.41, 5.74) is 6.54. The van der Waals surface area contributed by atoms with Crippen molar-refractivity contribution in [3.8, 4) is 0 Å². The molecule has 1 aliphatic heterocycles. The van der Waals surface area contributed by atoms with Crippen molar-refractivity contribution < 1.29 is 14.4 Å². The smallest absolute Gasteiger partial charge is 0.273 e. The molecule has 2 rings (SSSR count). The summed E-state index contributed by atoms with van der Waals surface area (Å²) in [6.07, 6.45) is -0.0424. The van der Waals surface area contributed by atoms with Crippen LogP contribution in [0.1, 0.15) is 0 Å². The van der Waals surface area contributed by atoms with Gasteiger partial charge in [-0.1, -0.05) is 0 Å². The highest BCUT2D eigenvalue weighted by atomic mass is 16.6. The molecule has 98 valence electrons. The first kappa shape index (κ1) is 12.6. The van der Waals surface area contributed by atoms with E-state index in [9.17, 15) is 10.1 Å². The standard InChI is InChI=1S/C11H15N3O4/c12-8-3-9(5-10(4-8)14(15)16)13-6-11-7-17-1-2-18-11/h3-5,11,13H,1-2,6-7,12H2. The Morgan fingerprint density at radius 2 is 2.28 bits per heavy atom. The molecule has 1 aromatic carbocycles. The first-order valence-electron chi connectivity index (χ1n) is 5.63. The molecular weight excluding hydrogens is 238 g/mol. The fraction of sp³-hybridized carbons (Fsp3) is 0.455. The van der Waals surface area contributed by atoms with Crippen LogP contribution in [0.15, 0.2) is 18.2 Å². The molecule has 0 saturated carbocycles. The Bertz CT molecular complexity index is 432. The van der Waals surface area contributed by atoms with E-state index < -0.39 is 4.92 Å². The number of nitrogens with one attached hydrogen (secondary N) is 1. The van der Waals surface area contributed by atoms with E-state index in [4.69, 9.17) is 15.2 Å². The van der Waals surface area contributed by atoms with E-state index in [1.807, 2.05) is 0 Å². The summed E-state index contributed by atoms with van der Waals surface area (Å²) in [6.45, 7) is 2.24. The molecule has 1 saturated heterocycles. The van der Waals surface area contributed by atoms with Crippen LogP contribution < -0.4 is 11.1 Å². The van der Waals surface area contributed by atoms with Crippen LogP contribution in [0.2, 0.25) is 0 Å². The van der Waals surface area contributed by atoms with Crippen LogP contribution in [-0.2, 0) is 9.47 Å². The van der Waals surface area contributed by atoms with Crippen LogP contribution in [0, 0.1) is 10.1 Å². The van der Waals surface area contributed by atoms with Gasteiger partial charge in [-0.3, -0.25) is 10.1 Å². The lowest BCUT2D eigenvalue weighted by Gasteiger charge is -2.23. The van der Waals surface area contributed by atoms with E-state index in [1.54, 1.807) is 6.07 Å². The fourth-order valence-corrected chi connectivity index (χ4v) is 1.73. The molecule has 7 heteroatoms. The summed E-state index contributed by atoms with van der Waals surface area (Å²) in [5.74, 6) is 0. The summed E-state index contributed by atoms with van der Waals surface area (Å²) in [4.78, 5) is 10.2. The normalized spacial score (nSPS) is 19.4. The van der Waals surface area contributed by atoms with Gasteiger partial charge in [0, 0.05) is 30.1 Å². The van der Waals surface area contributed by atoms with E-state index in [2.05, 4.69) is 5.32 Å². The summed E-state index contributed by atoms with van der Waals surface area (Å²) in [6, 6.07) is 4.42. The van der Waals surface area contributed by atoms with Gasteiger partial charge in [0.05, 0.1) is 30.8 Å². The molecule has 0 aromatic heterocycles. The van der Waals surface area contributed by atoms with Gasteiger partial charge < -0.3 is 20.5 Å². The van der Waals surface area contributed by atoms with Crippen LogP contribution in [0.25, 0.3) is 0 Å². The number of non-ortho nitro benzene ring substituents is 1. The largest absolute Gasteiger partial charge is 0.398 e. The van der Waals surface area contributed by atoms with E-state index in [1.165, 1.54) is 12.1 Å². The average Bonchev–Trinajstić information content (AvgIpc) is 2.37. The fourth-order valence-electron chi connectivity index (χ4n) is 1.73. The first-order valence-corrected chi connectivity index (χ1v) is 5.63. The van der Waals surface area contributed by atoms with Crippen molar-refractivity contribution in [2.75, 3.05) is 37.4 Å². The summed E-state index contributed by atoms with van der Waals surface area (Å²) in [7, 11) is 0. The van der Waals surface area contributed by atoms with E-state index >= 15 is 0 Å². The number of nitrogen functional groups attached to an aromatic ring is 1. The molecule has 1 atom stereocenters. The monoisotopic (exact) mass is 253 g/mol. The SMILES string of the molecule is Nc1cc(NCC2COCCO2)cc([N+](=O)[O-])c1. The maximum atomic E-state index is 10.7. The van der Waals surface area contributed by atoms with Crippen molar-refractivity contribution in [2.45, 2.75) is 6.10 Å². The maximum Gasteiger partial charge on any atom is 0.273 e. The van der Waals surface area contributed by atoms with Crippen molar-refractivity contribution in [1.82, 2.24) is 0 Å². The second kappa shape index (κ2) is 5.65. The number of rotatable bonds is 4. The number of hydrogen-bond donors (Lipinski definition) is 2. The second-order valence-corrected chi connectivity index (χ2v) is 4.02. The van der Waals surface area contributed by atoms with Crippen LogP contribution in [0.5, 0.6) is 0 Å². The van der Waals surface area contributed by atoms with Crippen LogP contribution in [0.3, 0.4) is 0 Å². The quantitative estimate of drug-likeness (QED) is 0.472. The number of hydrogen-bond acceptors (Lipinski definition) is 6. The van der Waals surface area contributed by atoms with Gasteiger partial charge in [0.15, 0.2) is 0 Å². The Morgan fingerprint density at radius 1 is 1.44 bits per heavy atom. The van der Waals surface area contributed by atoms with Crippen LogP contribution in [-0.4, -0.2) is 37.4 Å². The Balaban J connectivity index is 1.97. The van der Waals surface area contributed by atoms with Gasteiger partial charge in [0.25, 0.3) is 5.69 Å². The Morgan fingerprint density at radius 3 is 2.94 bits per heavy atom. The lowest BCUT2D eigenvalue weighted by Crippen LogP contribution is -2.34. The number of nitrogens with two attached hydrogens (primary N) is 1. The molecule has 0 radical (unpaired) electrons. The molecule has 1 unspecified atom stereocenters.